The summed E-state index contributed by atoms with van der Waals surface area (Å²) in [6, 6.07) is 0. The fourth-order valence-corrected chi connectivity index (χ4v) is 1.61. The quantitative estimate of drug-likeness (QED) is 0.628. The van der Waals surface area contributed by atoms with Gasteiger partial charge >= 0.3 is 0 Å². The lowest BCUT2D eigenvalue weighted by atomic mass is 10.1. The molecule has 4 nitrogen and oxygen atoms in total. The van der Waals surface area contributed by atoms with Crippen molar-refractivity contribution in [1.29, 1.82) is 0 Å². The molecule has 0 aromatic heterocycles. The van der Waals surface area contributed by atoms with Crippen LogP contribution in [0.5, 0.6) is 0 Å². The summed E-state index contributed by atoms with van der Waals surface area (Å²) in [6.07, 6.45) is 0.528. The predicted molar refractivity (Wildman–Crippen MR) is 50.0 cm³/mol. The number of likely N-dealkylation sites (tertiary alicyclic amines) is 1. The molecule has 0 radical (unpaired) electrons. The number of nitrogens with two attached hydrogens (primary N) is 1. The van der Waals surface area contributed by atoms with Crippen molar-refractivity contribution in [3.8, 4) is 0 Å². The summed E-state index contributed by atoms with van der Waals surface area (Å²) >= 11 is 0. The first-order valence-corrected chi connectivity index (χ1v) is 4.62. The standard InChI is InChI=1S/C9H18N2O2/c1-9(2,6-12)11-5-7(4-10)3-8(11)13/h7,12H,3-6,10H2,1-2H3. The zero-order valence-corrected chi connectivity index (χ0v) is 8.29. The first-order valence-electron chi connectivity index (χ1n) is 4.62. The van der Waals surface area contributed by atoms with E-state index in [0.29, 0.717) is 19.5 Å². The van der Waals surface area contributed by atoms with Crippen LogP contribution in [0.4, 0.5) is 0 Å². The number of aliphatic hydroxyl groups excluding tert-OH is 1. The van der Waals surface area contributed by atoms with Gasteiger partial charge < -0.3 is 15.7 Å². The summed E-state index contributed by atoms with van der Waals surface area (Å²) in [5, 5.41) is 9.11. The van der Waals surface area contributed by atoms with E-state index in [9.17, 15) is 4.79 Å². The molecular weight excluding hydrogens is 168 g/mol. The fourth-order valence-electron chi connectivity index (χ4n) is 1.61. The van der Waals surface area contributed by atoms with Crippen molar-refractivity contribution >= 4 is 5.91 Å². The van der Waals surface area contributed by atoms with Crippen LogP contribution in [0.2, 0.25) is 0 Å². The van der Waals surface area contributed by atoms with Gasteiger partial charge in [-0.15, -0.1) is 0 Å². The summed E-state index contributed by atoms with van der Waals surface area (Å²) < 4.78 is 0. The number of carbonyl (C=O) groups excluding carboxylic acids is 1. The Labute approximate surface area is 78.7 Å². The van der Waals surface area contributed by atoms with Crippen LogP contribution in [0.1, 0.15) is 20.3 Å². The molecule has 1 fully saturated rings. The normalized spacial score (nSPS) is 24.2. The molecule has 0 aliphatic carbocycles. The van der Waals surface area contributed by atoms with Gasteiger partial charge in [-0.25, -0.2) is 0 Å². The Hall–Kier alpha value is -0.610. The first-order chi connectivity index (χ1) is 6.01. The first kappa shape index (κ1) is 10.5. The third-order valence-corrected chi connectivity index (χ3v) is 2.66. The summed E-state index contributed by atoms with van der Waals surface area (Å²) in [4.78, 5) is 13.2. The number of aliphatic hydroxyl groups is 1. The fraction of sp³-hybridized carbons (Fsp3) is 0.889. The molecule has 1 saturated heterocycles. The molecule has 1 atom stereocenters. The summed E-state index contributed by atoms with van der Waals surface area (Å²) in [5.41, 5.74) is 5.06. The second kappa shape index (κ2) is 3.64. The van der Waals surface area contributed by atoms with E-state index in [0.717, 1.165) is 0 Å². The third kappa shape index (κ3) is 2.00. The molecule has 0 bridgehead atoms. The summed E-state index contributed by atoms with van der Waals surface area (Å²) in [6.45, 7) is 4.95. The van der Waals surface area contributed by atoms with Crippen molar-refractivity contribution in [3.05, 3.63) is 0 Å². The van der Waals surface area contributed by atoms with Gasteiger partial charge in [0.15, 0.2) is 0 Å². The van der Waals surface area contributed by atoms with E-state index in [4.69, 9.17) is 10.8 Å². The average Bonchev–Trinajstić information content (AvgIpc) is 2.47. The van der Waals surface area contributed by atoms with E-state index in [-0.39, 0.29) is 18.4 Å². The zero-order chi connectivity index (χ0) is 10.1. The van der Waals surface area contributed by atoms with Gasteiger partial charge in [0, 0.05) is 13.0 Å². The summed E-state index contributed by atoms with van der Waals surface area (Å²) in [7, 11) is 0. The molecule has 0 aromatic carbocycles. The van der Waals surface area contributed by atoms with Crippen LogP contribution >= 0.6 is 0 Å². The van der Waals surface area contributed by atoms with E-state index in [1.165, 1.54) is 0 Å². The van der Waals surface area contributed by atoms with Gasteiger partial charge in [-0.05, 0) is 26.3 Å². The van der Waals surface area contributed by atoms with Crippen molar-refractivity contribution < 1.29 is 9.90 Å². The number of hydrogen-bond acceptors (Lipinski definition) is 3. The lowest BCUT2D eigenvalue weighted by Gasteiger charge is -2.34. The number of hydrogen-bond donors (Lipinski definition) is 2. The maximum Gasteiger partial charge on any atom is 0.223 e. The largest absolute Gasteiger partial charge is 0.394 e. The third-order valence-electron chi connectivity index (χ3n) is 2.66. The summed E-state index contributed by atoms with van der Waals surface area (Å²) in [5.74, 6) is 0.368. The van der Waals surface area contributed by atoms with E-state index < -0.39 is 5.54 Å². The van der Waals surface area contributed by atoms with Gasteiger partial charge in [-0.3, -0.25) is 4.79 Å². The Morgan fingerprint density at radius 2 is 2.31 bits per heavy atom. The van der Waals surface area contributed by atoms with E-state index in [1.807, 2.05) is 13.8 Å². The molecule has 0 spiro atoms. The van der Waals surface area contributed by atoms with Crippen molar-refractivity contribution in [2.24, 2.45) is 11.7 Å². The highest BCUT2D eigenvalue weighted by atomic mass is 16.3. The Morgan fingerprint density at radius 1 is 1.69 bits per heavy atom. The molecule has 76 valence electrons. The van der Waals surface area contributed by atoms with Crippen molar-refractivity contribution in [3.63, 3.8) is 0 Å². The zero-order valence-electron chi connectivity index (χ0n) is 8.29. The van der Waals surface area contributed by atoms with Gasteiger partial charge in [0.1, 0.15) is 0 Å². The van der Waals surface area contributed by atoms with Crippen LogP contribution in [0.15, 0.2) is 0 Å². The Morgan fingerprint density at radius 3 is 2.69 bits per heavy atom. The molecule has 1 rings (SSSR count). The minimum atomic E-state index is -0.443. The Bertz CT molecular complexity index is 204. The predicted octanol–water partition coefficient (Wildman–Crippen LogP) is -0.435. The van der Waals surface area contributed by atoms with Gasteiger partial charge in [-0.1, -0.05) is 0 Å². The second-order valence-electron chi connectivity index (χ2n) is 4.28. The van der Waals surface area contributed by atoms with Crippen LogP contribution in [0.3, 0.4) is 0 Å². The van der Waals surface area contributed by atoms with E-state index >= 15 is 0 Å². The molecule has 1 aliphatic rings. The monoisotopic (exact) mass is 186 g/mol. The van der Waals surface area contributed by atoms with Crippen LogP contribution in [0, 0.1) is 5.92 Å². The topological polar surface area (TPSA) is 66.6 Å². The molecular formula is C9H18N2O2. The minimum absolute atomic E-state index is 0.00394. The highest BCUT2D eigenvalue weighted by molar-refractivity contribution is 5.79. The maximum atomic E-state index is 11.5. The highest BCUT2D eigenvalue weighted by Gasteiger charge is 2.37. The Balaban J connectivity index is 2.67. The average molecular weight is 186 g/mol. The molecule has 1 amide bonds. The van der Waals surface area contributed by atoms with Crippen molar-refractivity contribution in [2.75, 3.05) is 19.7 Å². The molecule has 13 heavy (non-hydrogen) atoms. The van der Waals surface area contributed by atoms with Crippen LogP contribution in [-0.4, -0.2) is 41.1 Å². The lowest BCUT2D eigenvalue weighted by Crippen LogP contribution is -2.47. The number of rotatable bonds is 3. The SMILES string of the molecule is CC(C)(CO)N1CC(CN)CC1=O. The Kier molecular flexibility index (Phi) is 2.93. The molecule has 4 heteroatoms. The molecule has 3 N–H and O–H groups in total. The van der Waals surface area contributed by atoms with Crippen molar-refractivity contribution in [1.82, 2.24) is 4.90 Å². The van der Waals surface area contributed by atoms with Gasteiger partial charge in [0.25, 0.3) is 0 Å². The van der Waals surface area contributed by atoms with Crippen molar-refractivity contribution in [2.45, 2.75) is 25.8 Å². The second-order valence-corrected chi connectivity index (χ2v) is 4.28. The van der Waals surface area contributed by atoms with Gasteiger partial charge in [0.05, 0.1) is 12.1 Å². The highest BCUT2D eigenvalue weighted by Crippen LogP contribution is 2.24. The van der Waals surface area contributed by atoms with Crippen LogP contribution < -0.4 is 5.73 Å². The lowest BCUT2D eigenvalue weighted by molar-refractivity contribution is -0.133. The number of amides is 1. The smallest absolute Gasteiger partial charge is 0.223 e. The number of nitrogens with zero attached hydrogens (tertiary/aromatic N) is 1. The molecule has 1 heterocycles. The maximum absolute atomic E-state index is 11.5. The molecule has 1 aliphatic heterocycles. The van der Waals surface area contributed by atoms with Gasteiger partial charge in [0.2, 0.25) is 5.91 Å². The van der Waals surface area contributed by atoms with Crippen LogP contribution in [-0.2, 0) is 4.79 Å². The minimum Gasteiger partial charge on any atom is -0.394 e. The molecule has 1 unspecified atom stereocenters. The number of carbonyl (C=O) groups is 1. The molecule has 0 aromatic rings. The van der Waals surface area contributed by atoms with E-state index in [2.05, 4.69) is 0 Å². The van der Waals surface area contributed by atoms with E-state index in [1.54, 1.807) is 4.90 Å². The van der Waals surface area contributed by atoms with Gasteiger partial charge in [-0.2, -0.15) is 0 Å². The molecule has 0 saturated carbocycles. The van der Waals surface area contributed by atoms with Crippen LogP contribution in [0.25, 0.3) is 0 Å².